The molecule has 14 heavy (non-hydrogen) atoms. The van der Waals surface area contributed by atoms with Crippen molar-refractivity contribution in [2.45, 2.75) is 6.54 Å². The van der Waals surface area contributed by atoms with E-state index in [1.807, 2.05) is 0 Å². The zero-order valence-corrected chi connectivity index (χ0v) is 9.42. The molecule has 0 aliphatic rings. The smallest absolute Gasteiger partial charge is 0.233 e. The summed E-state index contributed by atoms with van der Waals surface area (Å²) in [6, 6.07) is 6.45. The summed E-state index contributed by atoms with van der Waals surface area (Å²) in [5.74, 6) is -0.338. The lowest BCUT2D eigenvalue weighted by atomic mass is 10.2. The number of hydrogen-bond donors (Lipinski definition) is 0. The van der Waals surface area contributed by atoms with Gasteiger partial charge in [-0.3, -0.25) is 4.79 Å². The van der Waals surface area contributed by atoms with Crippen LogP contribution in [0.2, 0.25) is 0 Å². The van der Waals surface area contributed by atoms with Crippen LogP contribution in [0.4, 0.5) is 4.39 Å². The maximum Gasteiger partial charge on any atom is 0.233 e. The van der Waals surface area contributed by atoms with Crippen LogP contribution in [-0.4, -0.2) is 23.2 Å². The molecular formula is C10H11BrFNO. The Bertz CT molecular complexity index is 330. The third-order valence-electron chi connectivity index (χ3n) is 1.91. The number of alkyl halides is 1. The number of hydrogen-bond acceptors (Lipinski definition) is 1. The molecular weight excluding hydrogens is 249 g/mol. The van der Waals surface area contributed by atoms with Crippen molar-refractivity contribution in [3.63, 3.8) is 0 Å². The van der Waals surface area contributed by atoms with Crippen LogP contribution in [0, 0.1) is 5.82 Å². The standard InChI is InChI=1S/C10H11BrFNO/c1-13(10(14)6-11)7-8-4-2-3-5-9(8)12/h2-5H,6-7H2,1H3. The maximum absolute atomic E-state index is 13.2. The zero-order valence-electron chi connectivity index (χ0n) is 7.84. The van der Waals surface area contributed by atoms with E-state index < -0.39 is 0 Å². The zero-order chi connectivity index (χ0) is 10.6. The molecule has 1 amide bonds. The van der Waals surface area contributed by atoms with Gasteiger partial charge in [0, 0.05) is 19.2 Å². The fourth-order valence-electron chi connectivity index (χ4n) is 1.07. The summed E-state index contributed by atoms with van der Waals surface area (Å²) < 4.78 is 13.2. The molecule has 0 radical (unpaired) electrons. The number of carbonyl (C=O) groups is 1. The van der Waals surface area contributed by atoms with Gasteiger partial charge in [0.05, 0.1) is 5.33 Å². The second-order valence-corrected chi connectivity index (χ2v) is 3.54. The molecule has 0 N–H and O–H groups in total. The first-order valence-corrected chi connectivity index (χ1v) is 5.30. The van der Waals surface area contributed by atoms with E-state index >= 15 is 0 Å². The maximum atomic E-state index is 13.2. The van der Waals surface area contributed by atoms with Crippen LogP contribution in [0.25, 0.3) is 0 Å². The molecule has 1 rings (SSSR count). The van der Waals surface area contributed by atoms with Crippen molar-refractivity contribution in [2.75, 3.05) is 12.4 Å². The van der Waals surface area contributed by atoms with E-state index in [0.29, 0.717) is 12.1 Å². The number of nitrogens with zero attached hydrogens (tertiary/aromatic N) is 1. The molecule has 4 heteroatoms. The Hall–Kier alpha value is -0.900. The van der Waals surface area contributed by atoms with Gasteiger partial charge in [0.2, 0.25) is 5.91 Å². The Morgan fingerprint density at radius 2 is 2.14 bits per heavy atom. The minimum absolute atomic E-state index is 0.0618. The fraction of sp³-hybridized carbons (Fsp3) is 0.300. The Morgan fingerprint density at radius 3 is 2.71 bits per heavy atom. The van der Waals surface area contributed by atoms with Gasteiger partial charge in [0.1, 0.15) is 5.82 Å². The van der Waals surface area contributed by atoms with E-state index in [1.165, 1.54) is 11.0 Å². The van der Waals surface area contributed by atoms with Crippen LogP contribution in [0.15, 0.2) is 24.3 Å². The van der Waals surface area contributed by atoms with Crippen LogP contribution in [0.3, 0.4) is 0 Å². The molecule has 0 heterocycles. The number of benzene rings is 1. The van der Waals surface area contributed by atoms with Crippen molar-refractivity contribution in [3.8, 4) is 0 Å². The second kappa shape index (κ2) is 5.10. The minimum Gasteiger partial charge on any atom is -0.341 e. The van der Waals surface area contributed by atoms with Crippen LogP contribution in [0.5, 0.6) is 0 Å². The molecule has 0 aliphatic heterocycles. The SMILES string of the molecule is CN(Cc1ccccc1F)C(=O)CBr. The molecule has 2 nitrogen and oxygen atoms in total. The van der Waals surface area contributed by atoms with E-state index in [4.69, 9.17) is 0 Å². The Labute approximate surface area is 90.8 Å². The number of amides is 1. The Balaban J connectivity index is 2.69. The average Bonchev–Trinajstić information content (AvgIpc) is 2.20. The first-order valence-electron chi connectivity index (χ1n) is 4.18. The minimum atomic E-state index is -0.276. The van der Waals surface area contributed by atoms with Crippen molar-refractivity contribution in [1.82, 2.24) is 4.90 Å². The van der Waals surface area contributed by atoms with Crippen molar-refractivity contribution < 1.29 is 9.18 Å². The van der Waals surface area contributed by atoms with Gasteiger partial charge < -0.3 is 4.90 Å². The third kappa shape index (κ3) is 2.80. The van der Waals surface area contributed by atoms with Crippen molar-refractivity contribution in [3.05, 3.63) is 35.6 Å². The molecule has 1 aromatic rings. The molecule has 0 aliphatic carbocycles. The molecule has 0 spiro atoms. The van der Waals surface area contributed by atoms with Gasteiger partial charge in [-0.15, -0.1) is 0 Å². The fourth-order valence-corrected chi connectivity index (χ4v) is 1.50. The lowest BCUT2D eigenvalue weighted by molar-refractivity contribution is -0.127. The first-order chi connectivity index (χ1) is 6.65. The van der Waals surface area contributed by atoms with Crippen LogP contribution < -0.4 is 0 Å². The first kappa shape index (κ1) is 11.2. The summed E-state index contributed by atoms with van der Waals surface area (Å²) in [6.45, 7) is 0.303. The molecule has 0 unspecified atom stereocenters. The lowest BCUT2D eigenvalue weighted by Crippen LogP contribution is -2.27. The second-order valence-electron chi connectivity index (χ2n) is 2.97. The highest BCUT2D eigenvalue weighted by Crippen LogP contribution is 2.09. The quantitative estimate of drug-likeness (QED) is 0.763. The van der Waals surface area contributed by atoms with E-state index in [-0.39, 0.29) is 17.1 Å². The normalized spacial score (nSPS) is 9.93. The predicted molar refractivity (Wildman–Crippen MR) is 56.7 cm³/mol. The van der Waals surface area contributed by atoms with E-state index in [0.717, 1.165) is 0 Å². The molecule has 0 bridgehead atoms. The van der Waals surface area contributed by atoms with Crippen molar-refractivity contribution >= 4 is 21.8 Å². The van der Waals surface area contributed by atoms with E-state index in [9.17, 15) is 9.18 Å². The molecule has 0 atom stereocenters. The van der Waals surface area contributed by atoms with Gasteiger partial charge >= 0.3 is 0 Å². The molecule has 0 saturated carbocycles. The van der Waals surface area contributed by atoms with Crippen molar-refractivity contribution in [2.24, 2.45) is 0 Å². The van der Waals surface area contributed by atoms with Crippen LogP contribution >= 0.6 is 15.9 Å². The predicted octanol–water partition coefficient (Wildman–Crippen LogP) is 2.18. The Kier molecular flexibility index (Phi) is 4.07. The van der Waals surface area contributed by atoms with Gasteiger partial charge in [-0.2, -0.15) is 0 Å². The van der Waals surface area contributed by atoms with E-state index in [1.54, 1.807) is 25.2 Å². The van der Waals surface area contributed by atoms with Crippen molar-refractivity contribution in [1.29, 1.82) is 0 Å². The molecule has 0 saturated heterocycles. The van der Waals surface area contributed by atoms with Crippen LogP contribution in [-0.2, 0) is 11.3 Å². The monoisotopic (exact) mass is 259 g/mol. The largest absolute Gasteiger partial charge is 0.341 e. The average molecular weight is 260 g/mol. The topological polar surface area (TPSA) is 20.3 Å². The lowest BCUT2D eigenvalue weighted by Gasteiger charge is -2.15. The van der Waals surface area contributed by atoms with Gasteiger partial charge in [-0.1, -0.05) is 34.1 Å². The number of rotatable bonds is 3. The third-order valence-corrected chi connectivity index (χ3v) is 2.39. The molecule has 76 valence electrons. The Morgan fingerprint density at radius 1 is 1.50 bits per heavy atom. The summed E-state index contributed by atoms with van der Waals surface area (Å²) in [5.41, 5.74) is 0.532. The summed E-state index contributed by atoms with van der Waals surface area (Å²) >= 11 is 3.06. The van der Waals surface area contributed by atoms with Gasteiger partial charge in [0.15, 0.2) is 0 Å². The summed E-state index contributed by atoms with van der Waals surface area (Å²) in [7, 11) is 1.65. The van der Waals surface area contributed by atoms with Gasteiger partial charge in [0.25, 0.3) is 0 Å². The molecule has 1 aromatic carbocycles. The summed E-state index contributed by atoms with van der Waals surface area (Å²) in [5, 5.41) is 0.262. The summed E-state index contributed by atoms with van der Waals surface area (Å²) in [6.07, 6.45) is 0. The summed E-state index contributed by atoms with van der Waals surface area (Å²) in [4.78, 5) is 12.7. The highest BCUT2D eigenvalue weighted by molar-refractivity contribution is 9.09. The highest BCUT2D eigenvalue weighted by Gasteiger charge is 2.09. The van der Waals surface area contributed by atoms with E-state index in [2.05, 4.69) is 15.9 Å². The molecule has 0 fully saturated rings. The van der Waals surface area contributed by atoms with Gasteiger partial charge in [-0.05, 0) is 6.07 Å². The molecule has 0 aromatic heterocycles. The number of halogens is 2. The highest BCUT2D eigenvalue weighted by atomic mass is 79.9. The van der Waals surface area contributed by atoms with Crippen LogP contribution in [0.1, 0.15) is 5.56 Å². The van der Waals surface area contributed by atoms with Gasteiger partial charge in [-0.25, -0.2) is 4.39 Å². The number of carbonyl (C=O) groups excluding carboxylic acids is 1.